The van der Waals surface area contributed by atoms with Crippen molar-refractivity contribution in [2.24, 2.45) is 0 Å². The summed E-state index contributed by atoms with van der Waals surface area (Å²) in [5.74, 6) is 1.98. The molecule has 134 valence electrons. The van der Waals surface area contributed by atoms with Crippen LogP contribution in [-0.4, -0.2) is 45.3 Å². The number of piperidine rings is 1. The van der Waals surface area contributed by atoms with Gasteiger partial charge in [0.25, 0.3) is 0 Å². The van der Waals surface area contributed by atoms with Crippen molar-refractivity contribution in [1.82, 2.24) is 15.0 Å². The van der Waals surface area contributed by atoms with Crippen molar-refractivity contribution < 1.29 is 5.11 Å². The molecule has 0 spiro atoms. The van der Waals surface area contributed by atoms with Crippen molar-refractivity contribution >= 4 is 11.6 Å². The lowest BCUT2D eigenvalue weighted by Crippen LogP contribution is -2.40. The predicted octanol–water partition coefficient (Wildman–Crippen LogP) is 2.06. The molecule has 7 nitrogen and oxygen atoms in total. The minimum absolute atomic E-state index is 0.180. The van der Waals surface area contributed by atoms with Gasteiger partial charge in [0.05, 0.1) is 11.7 Å². The Morgan fingerprint density at radius 2 is 2.00 bits per heavy atom. The van der Waals surface area contributed by atoms with E-state index in [-0.39, 0.29) is 6.10 Å². The summed E-state index contributed by atoms with van der Waals surface area (Å²) in [7, 11) is 0. The van der Waals surface area contributed by atoms with Gasteiger partial charge in [-0.25, -0.2) is 15.0 Å². The predicted molar refractivity (Wildman–Crippen MR) is 97.8 cm³/mol. The highest BCUT2D eigenvalue weighted by molar-refractivity contribution is 5.53. The fourth-order valence-electron chi connectivity index (χ4n) is 3.68. The van der Waals surface area contributed by atoms with Crippen molar-refractivity contribution in [3.05, 3.63) is 42.0 Å². The van der Waals surface area contributed by atoms with E-state index < -0.39 is 0 Å². The van der Waals surface area contributed by atoms with E-state index in [0.29, 0.717) is 17.5 Å². The van der Waals surface area contributed by atoms with E-state index in [9.17, 15) is 10.4 Å². The molecule has 2 aromatic heterocycles. The topological polar surface area (TPSA) is 98.0 Å². The summed E-state index contributed by atoms with van der Waals surface area (Å²) in [5.41, 5.74) is 1.64. The van der Waals surface area contributed by atoms with E-state index in [1.54, 1.807) is 18.6 Å². The smallest absolute Gasteiger partial charge is 0.146 e. The van der Waals surface area contributed by atoms with E-state index >= 15 is 0 Å². The third-order valence-corrected chi connectivity index (χ3v) is 5.27. The number of pyridine rings is 1. The van der Waals surface area contributed by atoms with Gasteiger partial charge in [0.1, 0.15) is 24.0 Å². The summed E-state index contributed by atoms with van der Waals surface area (Å²) < 4.78 is 0. The standard InChI is InChI=1S/C19H22N6O/c20-11-13-2-1-5-21-19(13)25-6-3-15(4-7-25)24-18-10-17(22-12-23-18)14-8-16(26)9-14/h1-2,5,10,12,14-16,26H,3-4,6-9H2,(H,22,23,24). The monoisotopic (exact) mass is 350 g/mol. The van der Waals surface area contributed by atoms with Gasteiger partial charge in [-0.05, 0) is 37.8 Å². The molecular formula is C19H22N6O. The molecular weight excluding hydrogens is 328 g/mol. The molecule has 2 N–H and O–H groups in total. The molecule has 1 aliphatic carbocycles. The van der Waals surface area contributed by atoms with Crippen molar-refractivity contribution in [2.45, 2.75) is 43.7 Å². The summed E-state index contributed by atoms with van der Waals surface area (Å²) in [4.78, 5) is 15.3. The molecule has 0 aromatic carbocycles. The van der Waals surface area contributed by atoms with E-state index in [2.05, 4.69) is 31.2 Å². The number of nitrogens with zero attached hydrogens (tertiary/aromatic N) is 5. The van der Waals surface area contributed by atoms with Crippen LogP contribution in [0, 0.1) is 11.3 Å². The summed E-state index contributed by atoms with van der Waals surface area (Å²) in [6.45, 7) is 1.71. The second kappa shape index (κ2) is 7.26. The summed E-state index contributed by atoms with van der Waals surface area (Å²) in [5, 5.41) is 22.2. The van der Waals surface area contributed by atoms with Gasteiger partial charge in [-0.15, -0.1) is 0 Å². The zero-order valence-electron chi connectivity index (χ0n) is 14.5. The van der Waals surface area contributed by atoms with Gasteiger partial charge in [0.2, 0.25) is 0 Å². The van der Waals surface area contributed by atoms with Gasteiger partial charge in [0, 0.05) is 43.0 Å². The number of aliphatic hydroxyl groups is 1. The number of aliphatic hydroxyl groups excluding tert-OH is 1. The molecule has 1 aliphatic heterocycles. The Labute approximate surface area is 152 Å². The Morgan fingerprint density at radius 1 is 1.19 bits per heavy atom. The van der Waals surface area contributed by atoms with Crippen LogP contribution in [0.25, 0.3) is 0 Å². The van der Waals surface area contributed by atoms with Crippen molar-refractivity contribution in [3.8, 4) is 6.07 Å². The summed E-state index contributed by atoms with van der Waals surface area (Å²) >= 11 is 0. The normalized spacial score (nSPS) is 23.2. The molecule has 2 aliphatic rings. The number of aromatic nitrogens is 3. The zero-order valence-corrected chi connectivity index (χ0v) is 14.5. The Kier molecular flexibility index (Phi) is 4.67. The SMILES string of the molecule is N#Cc1cccnc1N1CCC(Nc2cc(C3CC(O)C3)ncn2)CC1. The number of hydrogen-bond acceptors (Lipinski definition) is 7. The van der Waals surface area contributed by atoms with E-state index in [4.69, 9.17) is 0 Å². The van der Waals surface area contributed by atoms with Gasteiger partial charge >= 0.3 is 0 Å². The Bertz CT molecular complexity index is 806. The zero-order chi connectivity index (χ0) is 17.9. The minimum Gasteiger partial charge on any atom is -0.393 e. The maximum atomic E-state index is 9.48. The van der Waals surface area contributed by atoms with E-state index in [1.165, 1.54) is 0 Å². The Hall–Kier alpha value is -2.72. The molecule has 1 saturated carbocycles. The molecule has 0 amide bonds. The lowest BCUT2D eigenvalue weighted by molar-refractivity contribution is 0.0732. The van der Waals surface area contributed by atoms with Crippen molar-refractivity contribution in [2.75, 3.05) is 23.3 Å². The molecule has 0 atom stereocenters. The lowest BCUT2D eigenvalue weighted by Gasteiger charge is -2.34. The van der Waals surface area contributed by atoms with E-state index in [0.717, 1.165) is 56.1 Å². The third kappa shape index (κ3) is 3.46. The first kappa shape index (κ1) is 16.7. The van der Waals surface area contributed by atoms with Crippen molar-refractivity contribution in [1.29, 1.82) is 5.26 Å². The van der Waals surface area contributed by atoms with Crippen molar-refractivity contribution in [3.63, 3.8) is 0 Å². The number of rotatable bonds is 4. The fraction of sp³-hybridized carbons (Fsp3) is 0.474. The molecule has 0 radical (unpaired) electrons. The van der Waals surface area contributed by atoms with E-state index in [1.807, 2.05) is 12.1 Å². The quantitative estimate of drug-likeness (QED) is 0.871. The largest absolute Gasteiger partial charge is 0.393 e. The molecule has 1 saturated heterocycles. The second-order valence-electron chi connectivity index (χ2n) is 7.04. The summed E-state index contributed by atoms with van der Waals surface area (Å²) in [6.07, 6.45) is 6.66. The number of nitrogens with one attached hydrogen (secondary N) is 1. The maximum absolute atomic E-state index is 9.48. The summed E-state index contributed by atoms with van der Waals surface area (Å²) in [6, 6.07) is 8.18. The van der Waals surface area contributed by atoms with Crippen LogP contribution in [-0.2, 0) is 0 Å². The molecule has 26 heavy (non-hydrogen) atoms. The third-order valence-electron chi connectivity index (χ3n) is 5.27. The Morgan fingerprint density at radius 3 is 2.73 bits per heavy atom. The number of anilines is 2. The van der Waals surface area contributed by atoms with Crippen LogP contribution >= 0.6 is 0 Å². The molecule has 4 rings (SSSR count). The lowest BCUT2D eigenvalue weighted by atomic mass is 9.80. The first-order valence-corrected chi connectivity index (χ1v) is 9.09. The first-order chi connectivity index (χ1) is 12.7. The highest BCUT2D eigenvalue weighted by atomic mass is 16.3. The molecule has 0 unspecified atom stereocenters. The highest BCUT2D eigenvalue weighted by Gasteiger charge is 2.30. The van der Waals surface area contributed by atoms with Gasteiger partial charge in [-0.3, -0.25) is 0 Å². The fourth-order valence-corrected chi connectivity index (χ4v) is 3.68. The number of hydrogen-bond donors (Lipinski definition) is 2. The first-order valence-electron chi connectivity index (χ1n) is 9.09. The molecule has 2 fully saturated rings. The maximum Gasteiger partial charge on any atom is 0.146 e. The van der Waals surface area contributed by atoms with Gasteiger partial charge in [0.15, 0.2) is 0 Å². The van der Waals surface area contributed by atoms with Crippen LogP contribution in [0.1, 0.15) is 42.9 Å². The highest BCUT2D eigenvalue weighted by Crippen LogP contribution is 2.36. The number of nitriles is 1. The second-order valence-corrected chi connectivity index (χ2v) is 7.04. The van der Waals surface area contributed by atoms with Gasteiger partial charge < -0.3 is 15.3 Å². The van der Waals surface area contributed by atoms with Crippen LogP contribution in [0.2, 0.25) is 0 Å². The van der Waals surface area contributed by atoms with Crippen LogP contribution in [0.15, 0.2) is 30.7 Å². The minimum atomic E-state index is -0.180. The van der Waals surface area contributed by atoms with Gasteiger partial charge in [-0.2, -0.15) is 5.26 Å². The average Bonchev–Trinajstić information content (AvgIpc) is 2.66. The molecule has 2 aromatic rings. The van der Waals surface area contributed by atoms with Crippen LogP contribution in [0.5, 0.6) is 0 Å². The van der Waals surface area contributed by atoms with Crippen LogP contribution in [0.3, 0.4) is 0 Å². The van der Waals surface area contributed by atoms with Crippen LogP contribution in [0.4, 0.5) is 11.6 Å². The molecule has 3 heterocycles. The molecule has 0 bridgehead atoms. The van der Waals surface area contributed by atoms with Gasteiger partial charge in [-0.1, -0.05) is 0 Å². The molecule has 7 heteroatoms. The van der Waals surface area contributed by atoms with Crippen LogP contribution < -0.4 is 10.2 Å². The Balaban J connectivity index is 1.36. The average molecular weight is 350 g/mol.